The number of rotatable bonds is 4. The Labute approximate surface area is 107 Å². The number of carbonyl (C=O) groups is 2. The molecule has 0 aliphatic carbocycles. The molecule has 0 aromatic carbocycles. The first-order valence-corrected chi connectivity index (χ1v) is 6.31. The van der Waals surface area contributed by atoms with Gasteiger partial charge in [0, 0.05) is 25.3 Å². The second-order valence-electron chi connectivity index (χ2n) is 4.36. The van der Waals surface area contributed by atoms with Crippen LogP contribution in [0.4, 0.5) is 0 Å². The summed E-state index contributed by atoms with van der Waals surface area (Å²) in [5.41, 5.74) is 0. The van der Waals surface area contributed by atoms with E-state index < -0.39 is 12.0 Å². The molecule has 17 heavy (non-hydrogen) atoms. The Kier molecular flexibility index (Phi) is 5.27. The average molecular weight is 261 g/mol. The summed E-state index contributed by atoms with van der Waals surface area (Å²) in [7, 11) is 1.58. The highest BCUT2D eigenvalue weighted by molar-refractivity contribution is 7.80. The lowest BCUT2D eigenvalue weighted by Crippen LogP contribution is -2.54. The molecule has 0 aromatic heterocycles. The number of likely N-dealkylation sites (tertiary alicyclic amines) is 1. The smallest absolute Gasteiger partial charge is 0.326 e. The van der Waals surface area contributed by atoms with Crippen LogP contribution >= 0.6 is 12.6 Å². The SMILES string of the molecule is COC1CCC(C(=O)O)N(C(=O)C(C)CS)C1. The molecule has 5 nitrogen and oxygen atoms in total. The molecule has 0 aromatic rings. The zero-order valence-electron chi connectivity index (χ0n) is 10.1. The molecule has 1 aliphatic heterocycles. The number of thiol groups is 1. The van der Waals surface area contributed by atoms with E-state index in [1.807, 2.05) is 0 Å². The summed E-state index contributed by atoms with van der Waals surface area (Å²) in [5.74, 6) is -0.955. The van der Waals surface area contributed by atoms with Crippen LogP contribution in [0, 0.1) is 5.92 Å². The standard InChI is InChI=1S/C11H19NO4S/c1-7(6-17)10(13)12-5-8(16-2)3-4-9(12)11(14)15/h7-9,17H,3-6H2,1-2H3,(H,14,15). The molecule has 0 spiro atoms. The van der Waals surface area contributed by atoms with Crippen molar-refractivity contribution in [2.45, 2.75) is 31.9 Å². The largest absolute Gasteiger partial charge is 0.480 e. The molecular formula is C11H19NO4S. The number of aliphatic carboxylic acids is 1. The summed E-state index contributed by atoms with van der Waals surface area (Å²) >= 11 is 4.08. The number of hydrogen-bond donors (Lipinski definition) is 2. The normalized spacial score (nSPS) is 26.6. The van der Waals surface area contributed by atoms with E-state index in [-0.39, 0.29) is 17.9 Å². The van der Waals surface area contributed by atoms with E-state index in [1.54, 1.807) is 14.0 Å². The molecule has 1 heterocycles. The maximum absolute atomic E-state index is 12.1. The van der Waals surface area contributed by atoms with E-state index in [0.29, 0.717) is 25.1 Å². The first kappa shape index (κ1) is 14.3. The number of methoxy groups -OCH3 is 1. The lowest BCUT2D eigenvalue weighted by atomic mass is 9.98. The minimum atomic E-state index is -0.945. The molecule has 0 radical (unpaired) electrons. The summed E-state index contributed by atoms with van der Waals surface area (Å²) < 4.78 is 5.21. The molecule has 98 valence electrons. The molecule has 1 aliphatic rings. The second kappa shape index (κ2) is 6.26. The predicted molar refractivity (Wildman–Crippen MR) is 66.2 cm³/mol. The first-order chi connectivity index (χ1) is 8.01. The van der Waals surface area contributed by atoms with Gasteiger partial charge < -0.3 is 14.7 Å². The lowest BCUT2D eigenvalue weighted by Gasteiger charge is -2.38. The maximum atomic E-state index is 12.1. The second-order valence-corrected chi connectivity index (χ2v) is 4.73. The van der Waals surface area contributed by atoms with Gasteiger partial charge in [0.25, 0.3) is 0 Å². The third-order valence-corrected chi connectivity index (χ3v) is 3.68. The van der Waals surface area contributed by atoms with Gasteiger partial charge in [-0.3, -0.25) is 4.79 Å². The number of carboxylic acid groups (broad SMARTS) is 1. The van der Waals surface area contributed by atoms with Crippen LogP contribution in [-0.4, -0.2) is 53.4 Å². The van der Waals surface area contributed by atoms with Crippen molar-refractivity contribution in [3.05, 3.63) is 0 Å². The Balaban J connectivity index is 2.80. The molecule has 0 bridgehead atoms. The van der Waals surface area contributed by atoms with Crippen LogP contribution in [0.2, 0.25) is 0 Å². The Morgan fingerprint density at radius 2 is 2.18 bits per heavy atom. The summed E-state index contributed by atoms with van der Waals surface area (Å²) in [6.45, 7) is 2.11. The van der Waals surface area contributed by atoms with Gasteiger partial charge in [0.05, 0.1) is 6.10 Å². The Hall–Kier alpha value is -0.750. The topological polar surface area (TPSA) is 66.8 Å². The van der Waals surface area contributed by atoms with E-state index in [2.05, 4.69) is 12.6 Å². The zero-order valence-corrected chi connectivity index (χ0v) is 11.0. The van der Waals surface area contributed by atoms with Crippen LogP contribution in [0.25, 0.3) is 0 Å². The van der Waals surface area contributed by atoms with E-state index >= 15 is 0 Å². The summed E-state index contributed by atoms with van der Waals surface area (Å²) in [4.78, 5) is 24.6. The van der Waals surface area contributed by atoms with Crippen LogP contribution in [0.3, 0.4) is 0 Å². The van der Waals surface area contributed by atoms with Gasteiger partial charge in [-0.15, -0.1) is 0 Å². The zero-order chi connectivity index (χ0) is 13.0. The van der Waals surface area contributed by atoms with Crippen molar-refractivity contribution in [1.82, 2.24) is 4.90 Å². The summed E-state index contributed by atoms with van der Waals surface area (Å²) in [6.07, 6.45) is 1.05. The molecule has 1 amide bonds. The fraction of sp³-hybridized carbons (Fsp3) is 0.818. The number of nitrogens with zero attached hydrogens (tertiary/aromatic N) is 1. The fourth-order valence-corrected chi connectivity index (χ4v) is 2.15. The van der Waals surface area contributed by atoms with E-state index in [4.69, 9.17) is 9.84 Å². The average Bonchev–Trinajstić information content (AvgIpc) is 2.35. The van der Waals surface area contributed by atoms with Crippen molar-refractivity contribution in [1.29, 1.82) is 0 Å². The van der Waals surface area contributed by atoms with Crippen molar-refractivity contribution < 1.29 is 19.4 Å². The van der Waals surface area contributed by atoms with E-state index in [1.165, 1.54) is 4.90 Å². The molecule has 3 atom stereocenters. The summed E-state index contributed by atoms with van der Waals surface area (Å²) in [6, 6.07) is -0.726. The molecular weight excluding hydrogens is 242 g/mol. The first-order valence-electron chi connectivity index (χ1n) is 5.68. The van der Waals surface area contributed by atoms with Crippen LogP contribution in [-0.2, 0) is 14.3 Å². The van der Waals surface area contributed by atoms with Gasteiger partial charge in [-0.05, 0) is 12.8 Å². The van der Waals surface area contributed by atoms with Gasteiger partial charge in [-0.25, -0.2) is 4.79 Å². The predicted octanol–water partition coefficient (Wildman–Crippen LogP) is 0.643. The molecule has 6 heteroatoms. The quantitative estimate of drug-likeness (QED) is 0.729. The van der Waals surface area contributed by atoms with Crippen molar-refractivity contribution in [2.75, 3.05) is 19.4 Å². The van der Waals surface area contributed by atoms with Crippen LogP contribution in [0.5, 0.6) is 0 Å². The molecule has 1 fully saturated rings. The third-order valence-electron chi connectivity index (χ3n) is 3.14. The van der Waals surface area contributed by atoms with Gasteiger partial charge >= 0.3 is 5.97 Å². The maximum Gasteiger partial charge on any atom is 0.326 e. The highest BCUT2D eigenvalue weighted by Gasteiger charge is 2.37. The highest BCUT2D eigenvalue weighted by Crippen LogP contribution is 2.21. The number of amides is 1. The monoisotopic (exact) mass is 261 g/mol. The molecule has 1 rings (SSSR count). The number of piperidine rings is 1. The Morgan fingerprint density at radius 3 is 2.65 bits per heavy atom. The van der Waals surface area contributed by atoms with Gasteiger partial charge in [0.15, 0.2) is 0 Å². The van der Waals surface area contributed by atoms with Crippen molar-refractivity contribution in [3.63, 3.8) is 0 Å². The minimum absolute atomic E-state index is 0.0679. The fourth-order valence-electron chi connectivity index (χ4n) is 1.99. The Bertz CT molecular complexity index is 297. The van der Waals surface area contributed by atoms with Gasteiger partial charge in [-0.2, -0.15) is 12.6 Å². The van der Waals surface area contributed by atoms with Gasteiger partial charge in [0.1, 0.15) is 6.04 Å². The number of ether oxygens (including phenoxy) is 1. The molecule has 1 N–H and O–H groups in total. The third kappa shape index (κ3) is 3.35. The van der Waals surface area contributed by atoms with E-state index in [9.17, 15) is 9.59 Å². The van der Waals surface area contributed by atoms with Crippen molar-refractivity contribution in [2.24, 2.45) is 5.92 Å². The number of hydrogen-bond acceptors (Lipinski definition) is 4. The summed E-state index contributed by atoms with van der Waals surface area (Å²) in [5, 5.41) is 9.12. The molecule has 3 unspecified atom stereocenters. The molecule has 1 saturated heterocycles. The minimum Gasteiger partial charge on any atom is -0.480 e. The number of carbonyl (C=O) groups excluding carboxylic acids is 1. The van der Waals surface area contributed by atoms with Crippen molar-refractivity contribution >= 4 is 24.5 Å². The molecule has 0 saturated carbocycles. The highest BCUT2D eigenvalue weighted by atomic mass is 32.1. The van der Waals surface area contributed by atoms with E-state index in [0.717, 1.165) is 0 Å². The lowest BCUT2D eigenvalue weighted by molar-refractivity contribution is -0.156. The van der Waals surface area contributed by atoms with Crippen LogP contribution in [0.15, 0.2) is 0 Å². The van der Waals surface area contributed by atoms with Crippen LogP contribution < -0.4 is 0 Å². The van der Waals surface area contributed by atoms with Crippen molar-refractivity contribution in [3.8, 4) is 0 Å². The number of carboxylic acids is 1. The van der Waals surface area contributed by atoms with Gasteiger partial charge in [-0.1, -0.05) is 6.92 Å². The van der Waals surface area contributed by atoms with Gasteiger partial charge in [0.2, 0.25) is 5.91 Å². The Morgan fingerprint density at radius 1 is 1.53 bits per heavy atom. The van der Waals surface area contributed by atoms with Crippen LogP contribution in [0.1, 0.15) is 19.8 Å².